The lowest BCUT2D eigenvalue weighted by molar-refractivity contribution is -0.353. The molecule has 5 heterocycles. The minimum Gasteiger partial charge on any atom is -0.481 e. The van der Waals surface area contributed by atoms with Crippen molar-refractivity contribution in [1.82, 2.24) is 25.3 Å². The molecule has 446 valence electrons. The Bertz CT molecular complexity index is 3040. The molecule has 2 aromatic heterocycles. The average Bonchev–Trinajstić information content (AvgIpc) is 1.20. The molecule has 3 aliphatic heterocycles. The van der Waals surface area contributed by atoms with Crippen LogP contribution < -0.4 is 16.4 Å². The van der Waals surface area contributed by atoms with Gasteiger partial charge in [-0.2, -0.15) is 0 Å². The first kappa shape index (κ1) is 55.6. The molecule has 0 aromatic carbocycles. The summed E-state index contributed by atoms with van der Waals surface area (Å²) >= 11 is 0. The summed E-state index contributed by atoms with van der Waals surface area (Å²) in [6.45, 7) is 8.25. The number of carboxylic acids is 1. The van der Waals surface area contributed by atoms with Crippen LogP contribution in [0.15, 0.2) is 42.7 Å². The van der Waals surface area contributed by atoms with E-state index in [1.54, 1.807) is 12.5 Å². The first-order valence-corrected chi connectivity index (χ1v) is 30.6. The highest BCUT2D eigenvalue weighted by atomic mass is 16.7. The number of amides is 1. The zero-order valence-corrected chi connectivity index (χ0v) is 47.5. The van der Waals surface area contributed by atoms with E-state index in [1.807, 2.05) is 13.0 Å². The van der Waals surface area contributed by atoms with Crippen molar-refractivity contribution in [1.29, 1.82) is 0 Å². The molecule has 2 aromatic rings. The number of fused-ring (bicyclic) bond motifs is 8. The van der Waals surface area contributed by atoms with Crippen LogP contribution in [0.1, 0.15) is 116 Å². The van der Waals surface area contributed by atoms with Crippen LogP contribution in [0.5, 0.6) is 0 Å². The highest BCUT2D eigenvalue weighted by Crippen LogP contribution is 2.85. The Labute approximate surface area is 477 Å². The number of allylic oxidation sites excluding steroid dienone is 3. The van der Waals surface area contributed by atoms with Crippen molar-refractivity contribution in [3.05, 3.63) is 54.0 Å². The number of aromatic nitrogens is 4. The molecule has 8 fully saturated rings. The van der Waals surface area contributed by atoms with E-state index >= 15 is 4.79 Å². The van der Waals surface area contributed by atoms with Gasteiger partial charge in [0.15, 0.2) is 6.29 Å². The average molecular weight is 1140 g/mol. The van der Waals surface area contributed by atoms with Crippen molar-refractivity contribution in [2.24, 2.45) is 102 Å². The number of aromatic amines is 2. The summed E-state index contributed by atoms with van der Waals surface area (Å²) < 4.78 is 13.0. The first-order valence-electron chi connectivity index (χ1n) is 30.6. The van der Waals surface area contributed by atoms with Gasteiger partial charge in [0, 0.05) is 54.6 Å². The van der Waals surface area contributed by atoms with Crippen molar-refractivity contribution < 1.29 is 65.0 Å². The molecule has 82 heavy (non-hydrogen) atoms. The van der Waals surface area contributed by atoms with E-state index < -0.39 is 152 Å². The van der Waals surface area contributed by atoms with Crippen LogP contribution in [0.2, 0.25) is 0 Å². The first-order chi connectivity index (χ1) is 39.0. The van der Waals surface area contributed by atoms with E-state index in [0.717, 1.165) is 24.1 Å². The molecule has 1 amide bonds. The molecular formula is C62H85N7O13. The number of H-pyrrole nitrogens is 2. The van der Waals surface area contributed by atoms with Gasteiger partial charge in [0.05, 0.1) is 77.6 Å². The molecule has 2 saturated heterocycles. The van der Waals surface area contributed by atoms with E-state index in [2.05, 4.69) is 70.3 Å². The summed E-state index contributed by atoms with van der Waals surface area (Å²) in [4.78, 5) is 46.7. The van der Waals surface area contributed by atoms with Gasteiger partial charge in [-0.05, 0) is 121 Å². The molecule has 27 atom stereocenters. The Kier molecular flexibility index (Phi) is 12.5. The third-order valence-electron chi connectivity index (χ3n) is 26.4. The number of carbonyl (C=O) groups excluding carboxylic acids is 1. The van der Waals surface area contributed by atoms with E-state index in [0.29, 0.717) is 82.3 Å². The summed E-state index contributed by atoms with van der Waals surface area (Å²) in [5.74, 6) is 3.23. The lowest BCUT2D eigenvalue weighted by atomic mass is 9.23. The molecule has 6 saturated carbocycles. The van der Waals surface area contributed by atoms with Crippen LogP contribution in [-0.4, -0.2) is 159 Å². The largest absolute Gasteiger partial charge is 0.481 e. The van der Waals surface area contributed by atoms with E-state index in [-0.39, 0.29) is 43.3 Å². The molecule has 15 N–H and O–H groups in total. The third kappa shape index (κ3) is 6.68. The van der Waals surface area contributed by atoms with E-state index in [1.165, 1.54) is 6.33 Å². The number of carboxylic acid groups (broad SMARTS) is 1. The van der Waals surface area contributed by atoms with Crippen molar-refractivity contribution in [3.63, 3.8) is 0 Å². The molecule has 9 aliphatic carbocycles. The molecule has 20 heteroatoms. The van der Waals surface area contributed by atoms with Gasteiger partial charge in [-0.3, -0.25) is 9.59 Å². The predicted molar refractivity (Wildman–Crippen MR) is 294 cm³/mol. The Morgan fingerprint density at radius 3 is 2.48 bits per heavy atom. The number of ether oxygens (including phenoxy) is 2. The zero-order valence-electron chi connectivity index (χ0n) is 47.5. The van der Waals surface area contributed by atoms with Crippen LogP contribution >= 0.6 is 0 Å². The Hall–Kier alpha value is -4.24. The fourth-order valence-electron chi connectivity index (χ4n) is 23.2. The summed E-state index contributed by atoms with van der Waals surface area (Å²) in [5.41, 5.74) is -0.326. The van der Waals surface area contributed by atoms with Gasteiger partial charge < -0.3 is 81.8 Å². The molecule has 20 nitrogen and oxygen atoms in total. The van der Waals surface area contributed by atoms with E-state index in [9.17, 15) is 50.8 Å². The Balaban J connectivity index is 1.07. The second-order valence-electron chi connectivity index (χ2n) is 29.2. The molecule has 2 bridgehead atoms. The molecular weight excluding hydrogens is 1050 g/mol. The monoisotopic (exact) mass is 1140 g/mol. The number of aliphatic hydroxyl groups is 8. The highest BCUT2D eigenvalue weighted by molar-refractivity contribution is 5.88. The number of hydrogen-bond acceptors (Lipinski definition) is 16. The minimum absolute atomic E-state index is 0.0953. The van der Waals surface area contributed by atoms with Gasteiger partial charge in [0.1, 0.15) is 30.4 Å². The maximum absolute atomic E-state index is 15.9. The zero-order chi connectivity index (χ0) is 57.7. The van der Waals surface area contributed by atoms with E-state index in [4.69, 9.17) is 20.2 Å². The molecule has 14 rings (SSSR count). The number of aliphatic hydroxyl groups excluding tert-OH is 8. The normalized spacial score (nSPS) is 52.6. The standard InChI is InChI=1S/C62H85N7O13/c1-54(26-70)17-18-61(53(79)80)34(21-54)33-22-58-11-6-12-59(57(33,4)32-19-36-49(68-29-66-36)65-23-35(32)61)15-10-38-55(2,27-71)48(82-50-46(77)44(75)37(72)25-81-50)45(76)42(56(38,3)51(58)59)31-9-16-62(39-24-64-28-67-39,40(73)20-41(63)74)47-43(31)60(52(78)69-47)13-5-7-30(60)8-14-58/h9,16,22,24,28-32,34-35,37-38,40-48,50-51,65,70-77H,5-7,10-13,15,17-21,23,25-27,63H2,1-4H3,(H,64,67)(H,66,68)(H,69,78)(H,79,80)/t30-,31+,32-,34+,35+,37-,38-,40-,41+,42-,43-,44+,45-,46-,47+,48-,50+,51+,54+,55+,56-,57-,58-,59-,60+,61-,62-/m1/s1. The number of carbonyl (C=O) groups is 2. The number of nitrogens with one attached hydrogen (secondary N) is 4. The van der Waals surface area contributed by atoms with Crippen LogP contribution in [-0.2, 0) is 30.9 Å². The van der Waals surface area contributed by atoms with Gasteiger partial charge in [0.2, 0.25) is 5.91 Å². The number of nitrogens with zero attached hydrogens (tertiary/aromatic N) is 2. The molecule has 0 unspecified atom stereocenters. The Morgan fingerprint density at radius 1 is 0.939 bits per heavy atom. The van der Waals surface area contributed by atoms with Crippen molar-refractivity contribution >= 4 is 17.7 Å². The number of aliphatic carboxylic acids is 1. The molecule has 1 spiro atoms. The fourth-order valence-corrected chi connectivity index (χ4v) is 23.2. The molecule has 12 aliphatic rings. The van der Waals surface area contributed by atoms with Crippen LogP contribution in [0.4, 0.5) is 5.82 Å². The van der Waals surface area contributed by atoms with Gasteiger partial charge in [-0.25, -0.2) is 9.97 Å². The predicted octanol–water partition coefficient (Wildman–Crippen LogP) is 2.24. The fraction of sp³-hybridized carbons (Fsp3) is 0.774. The summed E-state index contributed by atoms with van der Waals surface area (Å²) in [7, 11) is 0. The van der Waals surface area contributed by atoms with Crippen LogP contribution in [0, 0.1) is 108 Å². The number of rotatable bonds is 9. The quantitative estimate of drug-likeness (QED) is 0.0741. The van der Waals surface area contributed by atoms with Gasteiger partial charge in [0.25, 0.3) is 0 Å². The second-order valence-corrected chi connectivity index (χ2v) is 29.2. The second kappa shape index (κ2) is 18.4. The van der Waals surface area contributed by atoms with Crippen LogP contribution in [0.3, 0.4) is 0 Å². The number of hydrogen-bond donors (Lipinski definition) is 14. The van der Waals surface area contributed by atoms with Crippen molar-refractivity contribution in [3.8, 4) is 11.8 Å². The van der Waals surface area contributed by atoms with Crippen molar-refractivity contribution in [2.45, 2.75) is 172 Å². The minimum atomic E-state index is -1.72. The highest BCUT2D eigenvalue weighted by Gasteiger charge is 2.83. The third-order valence-corrected chi connectivity index (χ3v) is 26.4. The van der Waals surface area contributed by atoms with Crippen LogP contribution in [0.25, 0.3) is 0 Å². The van der Waals surface area contributed by atoms with Gasteiger partial charge in [-0.1, -0.05) is 76.2 Å². The maximum atomic E-state index is 15.9. The Morgan fingerprint density at radius 2 is 1.74 bits per heavy atom. The topological polar surface area (TPSA) is 342 Å². The molecule has 0 radical (unpaired) electrons. The maximum Gasteiger partial charge on any atom is 0.310 e. The lowest BCUT2D eigenvalue weighted by Crippen LogP contribution is -2.78. The smallest absolute Gasteiger partial charge is 0.310 e. The summed E-state index contributed by atoms with van der Waals surface area (Å²) in [5, 5.41) is 114. The summed E-state index contributed by atoms with van der Waals surface area (Å²) in [6, 6.07) is -0.857. The number of nitrogens with two attached hydrogens (primary N) is 1. The number of anilines is 1. The number of imidazole rings is 2. The van der Waals surface area contributed by atoms with Gasteiger partial charge in [-0.15, -0.1) is 0 Å². The van der Waals surface area contributed by atoms with Gasteiger partial charge >= 0.3 is 5.97 Å². The SMILES string of the molecule is C[C@]1(CO)CC[C@@]2(C(=O)O)[C@@H](C1)C1=C[C@]34C#C[C@H]5CCC[C@]56C(=O)N[C@H]5[C@H]6[C@@H](C=C[C@@]5(c5cnc[nH]5)[C@H](O)C[C@@H](N)O)[C@@H]5[C@@H](O)[C@@H](O[C@@H]6OC[C@@H](O)[C@H](O)[C@H]6O)[C@@](C)(CO)[C@H]6CC[C@](CCC3)([C@H]4[C@@]56C)[C@]1(C)[C@@H]1Cc3[nH]cnc3NC[C@@H]12. The van der Waals surface area contributed by atoms with Crippen molar-refractivity contribution in [2.75, 3.05) is 31.7 Å². The summed E-state index contributed by atoms with van der Waals surface area (Å²) in [6.07, 6.45) is 6.34. The lowest BCUT2D eigenvalue weighted by Gasteiger charge is -2.80.